The van der Waals surface area contributed by atoms with E-state index in [2.05, 4.69) is 15.3 Å². The van der Waals surface area contributed by atoms with E-state index in [-0.39, 0.29) is 11.3 Å². The maximum atomic E-state index is 13.2. The SMILES string of the molecule is O=C(CC12CCCC3(CC(C1)C3)C2)Nc1cn(-c2ncccn2)c2cccc(Cl)c12. The lowest BCUT2D eigenvalue weighted by Crippen LogP contribution is -2.53. The van der Waals surface area contributed by atoms with E-state index >= 15 is 0 Å². The molecular weight excluding hydrogens is 396 g/mol. The number of hydrogen-bond acceptors (Lipinski definition) is 3. The molecule has 154 valence electrons. The Hall–Kier alpha value is -2.40. The number of fused-ring (bicyclic) bond motifs is 1. The van der Waals surface area contributed by atoms with Crippen LogP contribution in [0.1, 0.15) is 51.4 Å². The first-order valence-corrected chi connectivity index (χ1v) is 11.3. The largest absolute Gasteiger partial charge is 0.324 e. The van der Waals surface area contributed by atoms with Crippen LogP contribution in [-0.2, 0) is 4.79 Å². The minimum absolute atomic E-state index is 0.0984. The van der Waals surface area contributed by atoms with Crippen LogP contribution < -0.4 is 5.32 Å². The Morgan fingerprint density at radius 1 is 1.17 bits per heavy atom. The molecule has 3 bridgehead atoms. The van der Waals surface area contributed by atoms with Gasteiger partial charge in [0.1, 0.15) is 0 Å². The molecular formula is C24H25ClN4O. The number of aromatic nitrogens is 3. The topological polar surface area (TPSA) is 59.8 Å². The molecule has 30 heavy (non-hydrogen) atoms. The normalized spacial score (nSPS) is 29.4. The zero-order valence-corrected chi connectivity index (χ0v) is 17.7. The van der Waals surface area contributed by atoms with Crippen LogP contribution in [0.5, 0.6) is 0 Å². The van der Waals surface area contributed by atoms with Crippen molar-refractivity contribution in [3.8, 4) is 5.95 Å². The summed E-state index contributed by atoms with van der Waals surface area (Å²) in [6, 6.07) is 7.53. The van der Waals surface area contributed by atoms with Crippen molar-refractivity contribution >= 4 is 34.1 Å². The van der Waals surface area contributed by atoms with Crippen molar-refractivity contribution in [2.75, 3.05) is 5.32 Å². The molecule has 3 aromatic rings. The Morgan fingerprint density at radius 2 is 2.00 bits per heavy atom. The van der Waals surface area contributed by atoms with E-state index in [1.165, 1.54) is 44.9 Å². The van der Waals surface area contributed by atoms with Crippen molar-refractivity contribution in [2.24, 2.45) is 16.7 Å². The number of rotatable bonds is 4. The third-order valence-electron chi connectivity index (χ3n) is 7.69. The van der Waals surface area contributed by atoms with Gasteiger partial charge in [0.15, 0.2) is 0 Å². The monoisotopic (exact) mass is 420 g/mol. The molecule has 4 aliphatic rings. The van der Waals surface area contributed by atoms with Gasteiger partial charge in [0, 0.05) is 30.4 Å². The van der Waals surface area contributed by atoms with Gasteiger partial charge in [-0.25, -0.2) is 9.97 Å². The molecule has 1 amide bonds. The van der Waals surface area contributed by atoms with Crippen LogP contribution in [0.3, 0.4) is 0 Å². The molecule has 1 unspecified atom stereocenters. The third-order valence-corrected chi connectivity index (χ3v) is 8.00. The predicted octanol–water partition coefficient (Wildman–Crippen LogP) is 5.76. The number of benzene rings is 1. The fourth-order valence-corrected chi connectivity index (χ4v) is 7.20. The molecule has 2 aromatic heterocycles. The molecule has 1 atom stereocenters. The predicted molar refractivity (Wildman–Crippen MR) is 118 cm³/mol. The van der Waals surface area contributed by atoms with Crippen LogP contribution in [0.2, 0.25) is 5.02 Å². The van der Waals surface area contributed by atoms with Crippen LogP contribution in [0.25, 0.3) is 16.9 Å². The smallest absolute Gasteiger partial charge is 0.234 e. The van der Waals surface area contributed by atoms with Crippen molar-refractivity contribution in [2.45, 2.75) is 51.4 Å². The molecule has 7 rings (SSSR count). The Balaban J connectivity index is 1.31. The van der Waals surface area contributed by atoms with Crippen molar-refractivity contribution < 1.29 is 4.79 Å². The standard InChI is InChI=1S/C24H25ClN4O/c25-17-4-1-5-19-21(17)18(14-29(19)22-26-8-3-9-27-22)28-20(30)13-24-7-2-6-23(15-24)10-16(11-23)12-24/h1,3-5,8-9,14,16H,2,6-7,10-13,15H2,(H,28,30). The summed E-state index contributed by atoms with van der Waals surface area (Å²) in [4.78, 5) is 21.9. The zero-order valence-electron chi connectivity index (χ0n) is 16.9. The number of nitrogens with zero attached hydrogens (tertiary/aromatic N) is 3. The lowest BCUT2D eigenvalue weighted by Gasteiger charge is -2.63. The minimum atomic E-state index is 0.0984. The molecule has 5 nitrogen and oxygen atoms in total. The van der Waals surface area contributed by atoms with Gasteiger partial charge >= 0.3 is 0 Å². The van der Waals surface area contributed by atoms with Gasteiger partial charge in [-0.3, -0.25) is 9.36 Å². The second-order valence-electron chi connectivity index (χ2n) is 9.83. The maximum absolute atomic E-state index is 13.2. The number of anilines is 1. The quantitative estimate of drug-likeness (QED) is 0.583. The minimum Gasteiger partial charge on any atom is -0.324 e. The molecule has 4 fully saturated rings. The van der Waals surface area contributed by atoms with Gasteiger partial charge in [0.2, 0.25) is 11.9 Å². The molecule has 1 spiro atoms. The fourth-order valence-electron chi connectivity index (χ4n) is 6.93. The highest BCUT2D eigenvalue weighted by Crippen LogP contribution is 2.68. The van der Waals surface area contributed by atoms with Gasteiger partial charge in [0.05, 0.1) is 16.2 Å². The molecule has 4 saturated carbocycles. The fraction of sp³-hybridized carbons (Fsp3) is 0.458. The van der Waals surface area contributed by atoms with Gasteiger partial charge in [-0.15, -0.1) is 0 Å². The summed E-state index contributed by atoms with van der Waals surface area (Å²) in [6.45, 7) is 0. The Kier molecular flexibility index (Phi) is 4.01. The molecule has 1 N–H and O–H groups in total. The highest BCUT2D eigenvalue weighted by atomic mass is 35.5. The number of nitrogens with one attached hydrogen (secondary N) is 1. The number of carbonyl (C=O) groups is 1. The number of amides is 1. The first-order chi connectivity index (χ1) is 14.5. The second kappa shape index (κ2) is 6.55. The van der Waals surface area contributed by atoms with Crippen LogP contribution in [0.15, 0.2) is 42.9 Å². The molecule has 4 aliphatic carbocycles. The summed E-state index contributed by atoms with van der Waals surface area (Å²) in [7, 11) is 0. The summed E-state index contributed by atoms with van der Waals surface area (Å²) < 4.78 is 1.89. The Bertz CT molecular complexity index is 1130. The average Bonchev–Trinajstić information content (AvgIpc) is 3.06. The first kappa shape index (κ1) is 18.4. The van der Waals surface area contributed by atoms with Crippen LogP contribution >= 0.6 is 11.6 Å². The van der Waals surface area contributed by atoms with Crippen LogP contribution in [-0.4, -0.2) is 20.4 Å². The van der Waals surface area contributed by atoms with Gasteiger partial charge in [0.25, 0.3) is 0 Å². The Morgan fingerprint density at radius 3 is 2.83 bits per heavy atom. The zero-order chi connectivity index (χ0) is 20.3. The van der Waals surface area contributed by atoms with Crippen molar-refractivity contribution in [3.63, 3.8) is 0 Å². The van der Waals surface area contributed by atoms with Crippen LogP contribution in [0, 0.1) is 16.7 Å². The highest BCUT2D eigenvalue weighted by molar-refractivity contribution is 6.36. The lowest BCUT2D eigenvalue weighted by atomic mass is 9.41. The molecule has 6 heteroatoms. The summed E-state index contributed by atoms with van der Waals surface area (Å²) >= 11 is 6.54. The second-order valence-corrected chi connectivity index (χ2v) is 10.2. The van der Waals surface area contributed by atoms with Crippen molar-refractivity contribution in [1.82, 2.24) is 14.5 Å². The lowest BCUT2D eigenvalue weighted by molar-refractivity contribution is -0.140. The van der Waals surface area contributed by atoms with Crippen LogP contribution in [0.4, 0.5) is 5.69 Å². The molecule has 2 heterocycles. The van der Waals surface area contributed by atoms with E-state index in [0.29, 0.717) is 22.8 Å². The Labute approximate surface area is 180 Å². The molecule has 0 aliphatic heterocycles. The number of halogens is 1. The number of carbonyl (C=O) groups excluding carboxylic acids is 1. The summed E-state index contributed by atoms with van der Waals surface area (Å²) in [6.07, 6.45) is 15.0. The van der Waals surface area contributed by atoms with E-state index in [1.54, 1.807) is 18.5 Å². The van der Waals surface area contributed by atoms with E-state index in [4.69, 9.17) is 11.6 Å². The average molecular weight is 421 g/mol. The third kappa shape index (κ3) is 2.86. The van der Waals surface area contributed by atoms with Crippen molar-refractivity contribution in [3.05, 3.63) is 47.9 Å². The van der Waals surface area contributed by atoms with Crippen molar-refractivity contribution in [1.29, 1.82) is 0 Å². The van der Waals surface area contributed by atoms with E-state index in [9.17, 15) is 4.79 Å². The highest BCUT2D eigenvalue weighted by Gasteiger charge is 2.58. The van der Waals surface area contributed by atoms with E-state index in [1.807, 2.05) is 29.0 Å². The molecule has 0 radical (unpaired) electrons. The maximum Gasteiger partial charge on any atom is 0.234 e. The van der Waals surface area contributed by atoms with Gasteiger partial charge < -0.3 is 5.32 Å². The molecule has 0 saturated heterocycles. The summed E-state index contributed by atoms with van der Waals surface area (Å²) in [5.74, 6) is 1.50. The van der Waals surface area contributed by atoms with Gasteiger partial charge in [-0.1, -0.05) is 24.1 Å². The van der Waals surface area contributed by atoms with Gasteiger partial charge in [-0.2, -0.15) is 0 Å². The van der Waals surface area contributed by atoms with Gasteiger partial charge in [-0.05, 0) is 73.5 Å². The van der Waals surface area contributed by atoms with E-state index < -0.39 is 0 Å². The summed E-state index contributed by atoms with van der Waals surface area (Å²) in [5, 5.41) is 4.64. The number of hydrogen-bond donors (Lipinski definition) is 1. The first-order valence-electron chi connectivity index (χ1n) is 10.9. The molecule has 1 aromatic carbocycles. The van der Waals surface area contributed by atoms with E-state index in [0.717, 1.165) is 22.5 Å². The summed E-state index contributed by atoms with van der Waals surface area (Å²) in [5.41, 5.74) is 2.38.